The van der Waals surface area contributed by atoms with Gasteiger partial charge in [-0.1, -0.05) is 56.0 Å². The van der Waals surface area contributed by atoms with Crippen molar-refractivity contribution in [2.45, 2.75) is 32.6 Å². The van der Waals surface area contributed by atoms with E-state index in [1.807, 2.05) is 19.2 Å². The average molecular weight is 274 g/mol. The first-order valence-corrected chi connectivity index (χ1v) is 6.95. The minimum Gasteiger partial charge on any atom is -0.319 e. The zero-order valence-corrected chi connectivity index (χ0v) is 12.3. The Hall–Kier alpha value is -0.240. The fourth-order valence-electron chi connectivity index (χ4n) is 2.27. The molecule has 0 fully saturated rings. The Balaban J connectivity index is 2.92. The second-order valence-electron chi connectivity index (χ2n) is 4.60. The second-order valence-corrected chi connectivity index (χ2v) is 5.42. The molecule has 0 aliphatic carbocycles. The maximum atomic E-state index is 6.09. The number of halogens is 2. The predicted octanol–water partition coefficient (Wildman–Crippen LogP) is 4.73. The Morgan fingerprint density at radius 1 is 1.24 bits per heavy atom. The molecule has 0 bridgehead atoms. The fraction of sp³-hybridized carbons (Fsp3) is 0.571. The minimum absolute atomic E-state index is 0.495. The molecule has 1 aromatic carbocycles. The second kappa shape index (κ2) is 7.25. The van der Waals surface area contributed by atoms with E-state index in [9.17, 15) is 0 Å². The van der Waals surface area contributed by atoms with Crippen molar-refractivity contribution in [3.8, 4) is 0 Å². The summed E-state index contributed by atoms with van der Waals surface area (Å²) in [6, 6.07) is 5.97. The van der Waals surface area contributed by atoms with Gasteiger partial charge in [-0.05, 0) is 36.6 Å². The minimum atomic E-state index is 0.495. The van der Waals surface area contributed by atoms with Crippen LogP contribution in [0.4, 0.5) is 0 Å². The van der Waals surface area contributed by atoms with Crippen molar-refractivity contribution in [3.05, 3.63) is 33.8 Å². The number of hydrogen-bond acceptors (Lipinski definition) is 1. The van der Waals surface area contributed by atoms with E-state index in [1.165, 1.54) is 18.4 Å². The van der Waals surface area contributed by atoms with E-state index in [4.69, 9.17) is 23.2 Å². The summed E-state index contributed by atoms with van der Waals surface area (Å²) in [5.41, 5.74) is 1.27. The van der Waals surface area contributed by atoms with Crippen LogP contribution in [0, 0.1) is 5.92 Å². The summed E-state index contributed by atoms with van der Waals surface area (Å²) >= 11 is 12.0. The molecule has 0 aromatic heterocycles. The predicted molar refractivity (Wildman–Crippen MR) is 77.2 cm³/mol. The molecule has 2 unspecified atom stereocenters. The molecule has 96 valence electrons. The topological polar surface area (TPSA) is 12.0 Å². The van der Waals surface area contributed by atoms with Gasteiger partial charge in [-0.15, -0.1) is 0 Å². The molecule has 0 aliphatic heterocycles. The Bertz CT molecular complexity index is 352. The third-order valence-electron chi connectivity index (χ3n) is 3.23. The molecular weight excluding hydrogens is 253 g/mol. The molecule has 0 amide bonds. The third kappa shape index (κ3) is 4.17. The first-order chi connectivity index (χ1) is 8.10. The van der Waals surface area contributed by atoms with Gasteiger partial charge in [0.1, 0.15) is 0 Å². The lowest BCUT2D eigenvalue weighted by molar-refractivity contribution is 0.413. The first kappa shape index (κ1) is 14.8. The molecule has 1 N–H and O–H groups in total. The number of rotatable bonds is 6. The molecule has 1 nitrogen and oxygen atoms in total. The molecule has 0 heterocycles. The SMILES string of the molecule is CCCC(C)C(CNC)c1ccc(Cl)c(Cl)c1. The van der Waals surface area contributed by atoms with Crippen molar-refractivity contribution in [1.82, 2.24) is 5.32 Å². The molecular formula is C14H21Cl2N. The Labute approximate surface area is 115 Å². The highest BCUT2D eigenvalue weighted by molar-refractivity contribution is 6.42. The van der Waals surface area contributed by atoms with E-state index in [2.05, 4.69) is 25.2 Å². The fourth-order valence-corrected chi connectivity index (χ4v) is 2.57. The molecule has 3 heteroatoms. The molecule has 17 heavy (non-hydrogen) atoms. The van der Waals surface area contributed by atoms with Gasteiger partial charge in [0.25, 0.3) is 0 Å². The van der Waals surface area contributed by atoms with Gasteiger partial charge in [-0.3, -0.25) is 0 Å². The van der Waals surface area contributed by atoms with Crippen LogP contribution in [0.15, 0.2) is 18.2 Å². The third-order valence-corrected chi connectivity index (χ3v) is 3.97. The Morgan fingerprint density at radius 2 is 1.94 bits per heavy atom. The molecule has 0 aliphatic rings. The van der Waals surface area contributed by atoms with Gasteiger partial charge >= 0.3 is 0 Å². The molecule has 0 spiro atoms. The summed E-state index contributed by atoms with van der Waals surface area (Å²) in [5, 5.41) is 4.54. The van der Waals surface area contributed by atoms with E-state index in [1.54, 1.807) is 0 Å². The lowest BCUT2D eigenvalue weighted by Crippen LogP contribution is -2.22. The summed E-state index contributed by atoms with van der Waals surface area (Å²) in [7, 11) is 1.99. The van der Waals surface area contributed by atoms with Gasteiger partial charge in [-0.25, -0.2) is 0 Å². The highest BCUT2D eigenvalue weighted by atomic mass is 35.5. The van der Waals surface area contributed by atoms with Gasteiger partial charge in [0, 0.05) is 6.54 Å². The summed E-state index contributed by atoms with van der Waals surface area (Å²) in [6.45, 7) is 5.49. The van der Waals surface area contributed by atoms with E-state index in [0.29, 0.717) is 21.9 Å². The molecule has 0 saturated heterocycles. The summed E-state index contributed by atoms with van der Waals surface area (Å²) < 4.78 is 0. The largest absolute Gasteiger partial charge is 0.319 e. The van der Waals surface area contributed by atoms with Crippen LogP contribution >= 0.6 is 23.2 Å². The van der Waals surface area contributed by atoms with Crippen LogP contribution in [0.5, 0.6) is 0 Å². The summed E-state index contributed by atoms with van der Waals surface area (Å²) in [4.78, 5) is 0. The summed E-state index contributed by atoms with van der Waals surface area (Å²) in [5.74, 6) is 1.14. The van der Waals surface area contributed by atoms with Gasteiger partial charge in [0.2, 0.25) is 0 Å². The van der Waals surface area contributed by atoms with Crippen LogP contribution in [0.3, 0.4) is 0 Å². The number of hydrogen-bond donors (Lipinski definition) is 1. The quantitative estimate of drug-likeness (QED) is 0.790. The number of benzene rings is 1. The zero-order valence-electron chi connectivity index (χ0n) is 10.8. The molecule has 1 rings (SSSR count). The van der Waals surface area contributed by atoms with E-state index in [0.717, 1.165) is 6.54 Å². The maximum Gasteiger partial charge on any atom is 0.0595 e. The Kier molecular flexibility index (Phi) is 6.32. The van der Waals surface area contributed by atoms with Gasteiger partial charge in [0.05, 0.1) is 10.0 Å². The maximum absolute atomic E-state index is 6.09. The van der Waals surface area contributed by atoms with Gasteiger partial charge in [0.15, 0.2) is 0 Å². The van der Waals surface area contributed by atoms with Crippen molar-refractivity contribution in [1.29, 1.82) is 0 Å². The van der Waals surface area contributed by atoms with Crippen molar-refractivity contribution in [2.75, 3.05) is 13.6 Å². The van der Waals surface area contributed by atoms with Crippen molar-refractivity contribution in [2.24, 2.45) is 5.92 Å². The number of likely N-dealkylation sites (N-methyl/N-ethyl adjacent to an activating group) is 1. The van der Waals surface area contributed by atoms with Crippen LogP contribution in [-0.2, 0) is 0 Å². The van der Waals surface area contributed by atoms with Crippen LogP contribution < -0.4 is 5.32 Å². The van der Waals surface area contributed by atoms with Crippen LogP contribution in [-0.4, -0.2) is 13.6 Å². The highest BCUT2D eigenvalue weighted by Crippen LogP contribution is 2.31. The van der Waals surface area contributed by atoms with Crippen molar-refractivity contribution < 1.29 is 0 Å². The zero-order chi connectivity index (χ0) is 12.8. The normalized spacial score (nSPS) is 14.6. The lowest BCUT2D eigenvalue weighted by atomic mass is 9.84. The number of nitrogens with one attached hydrogen (secondary N) is 1. The standard InChI is InChI=1S/C14H21Cl2N/c1-4-5-10(2)12(9-17-3)11-6-7-13(15)14(16)8-11/h6-8,10,12,17H,4-5,9H2,1-3H3. The van der Waals surface area contributed by atoms with Crippen LogP contribution in [0.2, 0.25) is 10.0 Å². The van der Waals surface area contributed by atoms with Crippen LogP contribution in [0.1, 0.15) is 38.2 Å². The van der Waals surface area contributed by atoms with E-state index in [-0.39, 0.29) is 0 Å². The average Bonchev–Trinajstić information content (AvgIpc) is 2.30. The molecule has 0 saturated carbocycles. The van der Waals surface area contributed by atoms with Gasteiger partial charge in [-0.2, -0.15) is 0 Å². The monoisotopic (exact) mass is 273 g/mol. The van der Waals surface area contributed by atoms with E-state index >= 15 is 0 Å². The first-order valence-electron chi connectivity index (χ1n) is 6.19. The van der Waals surface area contributed by atoms with Crippen molar-refractivity contribution in [3.63, 3.8) is 0 Å². The molecule has 1 aromatic rings. The van der Waals surface area contributed by atoms with Crippen molar-refractivity contribution >= 4 is 23.2 Å². The van der Waals surface area contributed by atoms with Crippen LogP contribution in [0.25, 0.3) is 0 Å². The molecule has 2 atom stereocenters. The smallest absolute Gasteiger partial charge is 0.0595 e. The lowest BCUT2D eigenvalue weighted by Gasteiger charge is -2.24. The molecule has 0 radical (unpaired) electrons. The van der Waals surface area contributed by atoms with E-state index < -0.39 is 0 Å². The summed E-state index contributed by atoms with van der Waals surface area (Å²) in [6.07, 6.45) is 2.44. The van der Waals surface area contributed by atoms with Gasteiger partial charge < -0.3 is 5.32 Å². The highest BCUT2D eigenvalue weighted by Gasteiger charge is 2.18. The Morgan fingerprint density at radius 3 is 2.47 bits per heavy atom.